The van der Waals surface area contributed by atoms with Gasteiger partial charge in [-0.05, 0) is 50.2 Å². The molecule has 0 radical (unpaired) electrons. The Hall–Kier alpha value is -2.18. The number of hydrogen-bond donors (Lipinski definition) is 0. The highest BCUT2D eigenvalue weighted by atomic mass is 32.2. The first-order valence-electron chi connectivity index (χ1n) is 6.98. The molecule has 0 unspecified atom stereocenters. The van der Waals surface area contributed by atoms with E-state index in [0.29, 0.717) is 0 Å². The first-order chi connectivity index (χ1) is 10.9. The van der Waals surface area contributed by atoms with E-state index in [4.69, 9.17) is 4.18 Å². The largest absolute Gasteiger partial charge is 0.379 e. The zero-order chi connectivity index (χ0) is 16.4. The van der Waals surface area contributed by atoms with Crippen molar-refractivity contribution in [2.45, 2.75) is 18.7 Å². The molecule has 23 heavy (non-hydrogen) atoms. The Bertz CT molecular complexity index is 911. The van der Waals surface area contributed by atoms with Crippen LogP contribution in [0.25, 0.3) is 10.6 Å². The maximum Gasteiger partial charge on any atom is 0.339 e. The topological polar surface area (TPSA) is 56.3 Å². The molecule has 0 aliphatic carbocycles. The fourth-order valence-electron chi connectivity index (χ4n) is 2.02. The van der Waals surface area contributed by atoms with Crippen molar-refractivity contribution in [2.24, 2.45) is 0 Å². The van der Waals surface area contributed by atoms with Gasteiger partial charge in [0.05, 0.1) is 0 Å². The van der Waals surface area contributed by atoms with E-state index in [9.17, 15) is 8.42 Å². The Morgan fingerprint density at radius 1 is 0.957 bits per heavy atom. The zero-order valence-corrected chi connectivity index (χ0v) is 14.3. The summed E-state index contributed by atoms with van der Waals surface area (Å²) in [5, 5.41) is 2.87. The van der Waals surface area contributed by atoms with Crippen molar-refractivity contribution in [1.29, 1.82) is 0 Å². The molecule has 2 aromatic carbocycles. The van der Waals surface area contributed by atoms with Gasteiger partial charge in [0.1, 0.15) is 15.7 Å². The van der Waals surface area contributed by atoms with Gasteiger partial charge in [-0.25, -0.2) is 4.98 Å². The van der Waals surface area contributed by atoms with Crippen molar-refractivity contribution in [3.05, 3.63) is 65.2 Å². The van der Waals surface area contributed by atoms with E-state index in [1.165, 1.54) is 12.1 Å². The average molecular weight is 345 g/mol. The second-order valence-electron chi connectivity index (χ2n) is 5.17. The molecule has 3 rings (SSSR count). The smallest absolute Gasteiger partial charge is 0.339 e. The van der Waals surface area contributed by atoms with Crippen molar-refractivity contribution in [3.63, 3.8) is 0 Å². The Kier molecular flexibility index (Phi) is 4.19. The Morgan fingerprint density at radius 3 is 2.17 bits per heavy atom. The summed E-state index contributed by atoms with van der Waals surface area (Å²) in [4.78, 5) is 4.54. The molecule has 0 atom stereocenters. The molecule has 0 aliphatic heterocycles. The molecular formula is C17H15NO3S2. The summed E-state index contributed by atoms with van der Waals surface area (Å²) in [6.45, 7) is 3.84. The van der Waals surface area contributed by atoms with E-state index in [-0.39, 0.29) is 10.6 Å². The molecule has 0 saturated heterocycles. The summed E-state index contributed by atoms with van der Waals surface area (Å²) in [6.07, 6.45) is 0. The molecule has 0 aliphatic rings. The highest BCUT2D eigenvalue weighted by Gasteiger charge is 2.16. The summed E-state index contributed by atoms with van der Waals surface area (Å²) in [5.74, 6) is 0.280. The minimum atomic E-state index is -3.82. The van der Waals surface area contributed by atoms with Crippen molar-refractivity contribution in [3.8, 4) is 16.3 Å². The van der Waals surface area contributed by atoms with E-state index in [0.717, 1.165) is 21.8 Å². The number of nitrogens with zero attached hydrogens (tertiary/aromatic N) is 1. The van der Waals surface area contributed by atoms with Gasteiger partial charge in [-0.15, -0.1) is 11.3 Å². The first kappa shape index (κ1) is 15.7. The van der Waals surface area contributed by atoms with Crippen molar-refractivity contribution >= 4 is 21.5 Å². The zero-order valence-electron chi connectivity index (χ0n) is 12.7. The molecule has 0 fully saturated rings. The third kappa shape index (κ3) is 3.60. The van der Waals surface area contributed by atoms with Gasteiger partial charge in [-0.3, -0.25) is 0 Å². The van der Waals surface area contributed by atoms with Crippen LogP contribution >= 0.6 is 11.3 Å². The van der Waals surface area contributed by atoms with Gasteiger partial charge in [-0.2, -0.15) is 8.42 Å². The highest BCUT2D eigenvalue weighted by molar-refractivity contribution is 7.87. The van der Waals surface area contributed by atoms with Crippen LogP contribution in [0, 0.1) is 13.8 Å². The number of aromatic nitrogens is 1. The van der Waals surface area contributed by atoms with Crippen LogP contribution in [0.15, 0.2) is 58.8 Å². The summed E-state index contributed by atoms with van der Waals surface area (Å²) < 4.78 is 29.7. The minimum absolute atomic E-state index is 0.141. The fourth-order valence-corrected chi connectivity index (χ4v) is 3.75. The van der Waals surface area contributed by atoms with E-state index < -0.39 is 10.1 Å². The monoisotopic (exact) mass is 345 g/mol. The molecule has 1 aromatic heterocycles. The van der Waals surface area contributed by atoms with E-state index >= 15 is 0 Å². The second kappa shape index (κ2) is 6.14. The summed E-state index contributed by atoms with van der Waals surface area (Å²) in [6, 6.07) is 13.4. The van der Waals surface area contributed by atoms with Gasteiger partial charge in [0.25, 0.3) is 0 Å². The lowest BCUT2D eigenvalue weighted by atomic mass is 10.2. The fraction of sp³-hybridized carbons (Fsp3) is 0.118. The normalized spacial score (nSPS) is 11.4. The number of thiazole rings is 1. The van der Waals surface area contributed by atoms with E-state index in [1.54, 1.807) is 47.7 Å². The maximum absolute atomic E-state index is 12.2. The quantitative estimate of drug-likeness (QED) is 0.665. The summed E-state index contributed by atoms with van der Waals surface area (Å²) in [5.41, 5.74) is 2.89. The van der Waals surface area contributed by atoms with E-state index in [1.807, 2.05) is 19.2 Å². The predicted molar refractivity (Wildman–Crippen MR) is 91.3 cm³/mol. The first-order valence-corrected chi connectivity index (χ1v) is 9.26. The molecule has 0 saturated carbocycles. The molecule has 0 N–H and O–H groups in total. The Labute approximate surface area is 139 Å². The van der Waals surface area contributed by atoms with Gasteiger partial charge >= 0.3 is 10.1 Å². The number of benzene rings is 2. The van der Waals surface area contributed by atoms with Crippen LogP contribution < -0.4 is 4.18 Å². The third-order valence-corrected chi connectivity index (χ3v) is 5.51. The molecular weight excluding hydrogens is 330 g/mol. The minimum Gasteiger partial charge on any atom is -0.379 e. The lowest BCUT2D eigenvalue weighted by molar-refractivity contribution is 0.486. The van der Waals surface area contributed by atoms with Crippen molar-refractivity contribution in [1.82, 2.24) is 4.98 Å². The standard InChI is InChI=1S/C17H15NO3S2/c1-12-3-9-16(10-4-12)23(19,20)21-15-7-5-14(6-8-15)17-18-13(2)11-22-17/h3-11H,1-2H3. The second-order valence-corrected chi connectivity index (χ2v) is 7.57. The van der Waals surface area contributed by atoms with Gasteiger partial charge in [-0.1, -0.05) is 17.7 Å². The van der Waals surface area contributed by atoms with Crippen LogP contribution in [0.2, 0.25) is 0 Å². The Balaban J connectivity index is 1.81. The average Bonchev–Trinajstić information content (AvgIpc) is 2.95. The maximum atomic E-state index is 12.2. The number of rotatable bonds is 4. The summed E-state index contributed by atoms with van der Waals surface area (Å²) in [7, 11) is -3.82. The molecule has 0 bridgehead atoms. The Morgan fingerprint density at radius 2 is 1.61 bits per heavy atom. The van der Waals surface area contributed by atoms with Crippen LogP contribution in [0.4, 0.5) is 0 Å². The SMILES string of the molecule is Cc1ccc(S(=O)(=O)Oc2ccc(-c3nc(C)cs3)cc2)cc1. The van der Waals surface area contributed by atoms with Crippen LogP contribution in [0.1, 0.15) is 11.3 Å². The lowest BCUT2D eigenvalue weighted by Gasteiger charge is -2.07. The van der Waals surface area contributed by atoms with Crippen molar-refractivity contribution < 1.29 is 12.6 Å². The summed E-state index contributed by atoms with van der Waals surface area (Å²) >= 11 is 1.55. The number of aryl methyl sites for hydroxylation is 2. The molecule has 6 heteroatoms. The van der Waals surface area contributed by atoms with Gasteiger partial charge in [0.15, 0.2) is 0 Å². The molecule has 0 amide bonds. The highest BCUT2D eigenvalue weighted by Crippen LogP contribution is 2.26. The molecule has 3 aromatic rings. The molecule has 1 heterocycles. The van der Waals surface area contributed by atoms with Gasteiger partial charge in [0, 0.05) is 16.6 Å². The van der Waals surface area contributed by atoms with E-state index in [2.05, 4.69) is 4.98 Å². The molecule has 4 nitrogen and oxygen atoms in total. The molecule has 0 spiro atoms. The van der Waals surface area contributed by atoms with Crippen LogP contribution in [-0.2, 0) is 10.1 Å². The van der Waals surface area contributed by atoms with Gasteiger partial charge in [0.2, 0.25) is 0 Å². The van der Waals surface area contributed by atoms with Crippen LogP contribution in [-0.4, -0.2) is 13.4 Å². The van der Waals surface area contributed by atoms with Crippen LogP contribution in [0.3, 0.4) is 0 Å². The predicted octanol–water partition coefficient (Wildman–Crippen LogP) is 4.19. The van der Waals surface area contributed by atoms with Gasteiger partial charge < -0.3 is 4.18 Å². The lowest BCUT2D eigenvalue weighted by Crippen LogP contribution is -2.09. The number of hydrogen-bond acceptors (Lipinski definition) is 5. The third-order valence-electron chi connectivity index (χ3n) is 3.24. The van der Waals surface area contributed by atoms with Crippen LogP contribution in [0.5, 0.6) is 5.75 Å². The molecule has 118 valence electrons. The van der Waals surface area contributed by atoms with Crippen molar-refractivity contribution in [2.75, 3.05) is 0 Å².